The van der Waals surface area contributed by atoms with E-state index >= 15 is 0 Å². The average molecular weight is 323 g/mol. The summed E-state index contributed by atoms with van der Waals surface area (Å²) in [7, 11) is 0. The number of benzene rings is 1. The minimum atomic E-state index is -0.115. The second kappa shape index (κ2) is 4.76. The van der Waals surface area contributed by atoms with Crippen molar-refractivity contribution in [3.05, 3.63) is 49.4 Å². The van der Waals surface area contributed by atoms with E-state index in [1.807, 2.05) is 0 Å². The lowest BCUT2D eigenvalue weighted by Gasteiger charge is -2.12. The van der Waals surface area contributed by atoms with Crippen LogP contribution in [-0.4, -0.2) is 4.98 Å². The summed E-state index contributed by atoms with van der Waals surface area (Å²) in [4.78, 5) is 6.14. The fraction of sp³-hybridized carbons (Fsp3) is 0.357. The molecule has 18 heavy (non-hydrogen) atoms. The highest BCUT2D eigenvalue weighted by atomic mass is 79.9. The Balaban J connectivity index is 1.95. The van der Waals surface area contributed by atoms with Crippen molar-refractivity contribution < 1.29 is 0 Å². The zero-order valence-corrected chi connectivity index (χ0v) is 12.6. The van der Waals surface area contributed by atoms with Crippen molar-refractivity contribution in [3.8, 4) is 0 Å². The summed E-state index contributed by atoms with van der Waals surface area (Å²) in [5, 5.41) is 1.05. The standard InChI is InChI=1S/C14H15BrN2S/c1-8-5-6-9(10(15)7-8)13(16)14-17-11-3-2-4-12(11)18-14/h5-7,13H,2-4,16H2,1H3. The van der Waals surface area contributed by atoms with E-state index in [9.17, 15) is 0 Å². The van der Waals surface area contributed by atoms with E-state index in [-0.39, 0.29) is 6.04 Å². The molecule has 2 nitrogen and oxygen atoms in total. The number of rotatable bonds is 2. The van der Waals surface area contributed by atoms with Gasteiger partial charge in [-0.1, -0.05) is 28.1 Å². The van der Waals surface area contributed by atoms with Crippen molar-refractivity contribution in [1.29, 1.82) is 0 Å². The molecule has 1 heterocycles. The molecule has 1 aliphatic carbocycles. The van der Waals surface area contributed by atoms with Crippen LogP contribution in [0, 0.1) is 6.92 Å². The Labute approximate surface area is 119 Å². The van der Waals surface area contributed by atoms with Gasteiger partial charge < -0.3 is 5.73 Å². The molecule has 2 N–H and O–H groups in total. The molecule has 0 aliphatic heterocycles. The predicted molar refractivity (Wildman–Crippen MR) is 79.0 cm³/mol. The second-order valence-electron chi connectivity index (χ2n) is 4.78. The van der Waals surface area contributed by atoms with Crippen LogP contribution >= 0.6 is 27.3 Å². The van der Waals surface area contributed by atoms with Crippen LogP contribution in [0.5, 0.6) is 0 Å². The van der Waals surface area contributed by atoms with Gasteiger partial charge in [-0.3, -0.25) is 0 Å². The van der Waals surface area contributed by atoms with Crippen molar-refractivity contribution in [2.24, 2.45) is 5.73 Å². The zero-order chi connectivity index (χ0) is 12.7. The third-order valence-corrected chi connectivity index (χ3v) is 5.30. The maximum absolute atomic E-state index is 6.35. The molecule has 4 heteroatoms. The first kappa shape index (κ1) is 12.3. The number of aryl methyl sites for hydroxylation is 3. The molecule has 2 aromatic rings. The summed E-state index contributed by atoms with van der Waals surface area (Å²) >= 11 is 5.38. The first-order chi connectivity index (χ1) is 8.65. The Kier molecular flexibility index (Phi) is 3.26. The number of fused-ring (bicyclic) bond motifs is 1. The Bertz CT molecular complexity index is 570. The average Bonchev–Trinajstić information content (AvgIpc) is 2.87. The molecular formula is C14H15BrN2S. The third kappa shape index (κ3) is 2.13. The fourth-order valence-electron chi connectivity index (χ4n) is 2.36. The van der Waals surface area contributed by atoms with Gasteiger partial charge >= 0.3 is 0 Å². The van der Waals surface area contributed by atoms with Gasteiger partial charge in [-0.2, -0.15) is 0 Å². The summed E-state index contributed by atoms with van der Waals surface area (Å²) in [5.41, 5.74) is 9.97. The highest BCUT2D eigenvalue weighted by molar-refractivity contribution is 9.10. The number of aromatic nitrogens is 1. The smallest absolute Gasteiger partial charge is 0.114 e. The normalized spacial score (nSPS) is 15.7. The SMILES string of the molecule is Cc1ccc(C(N)c2nc3c(s2)CCC3)c(Br)c1. The monoisotopic (exact) mass is 322 g/mol. The molecule has 0 amide bonds. The highest BCUT2D eigenvalue weighted by Gasteiger charge is 2.21. The maximum atomic E-state index is 6.35. The molecule has 1 unspecified atom stereocenters. The Morgan fingerprint density at radius 3 is 2.94 bits per heavy atom. The summed E-state index contributed by atoms with van der Waals surface area (Å²) in [6.45, 7) is 2.08. The van der Waals surface area contributed by atoms with E-state index in [0.717, 1.165) is 21.5 Å². The molecule has 3 rings (SSSR count). The Hall–Kier alpha value is -0.710. The lowest BCUT2D eigenvalue weighted by molar-refractivity contribution is 0.830. The van der Waals surface area contributed by atoms with Gasteiger partial charge in [-0.15, -0.1) is 11.3 Å². The lowest BCUT2D eigenvalue weighted by Crippen LogP contribution is -2.12. The van der Waals surface area contributed by atoms with Crippen molar-refractivity contribution in [2.75, 3.05) is 0 Å². The first-order valence-corrected chi connectivity index (χ1v) is 7.76. The number of thiazole rings is 1. The minimum absolute atomic E-state index is 0.115. The summed E-state index contributed by atoms with van der Waals surface area (Å²) < 4.78 is 1.07. The van der Waals surface area contributed by atoms with Gasteiger partial charge in [0, 0.05) is 9.35 Å². The molecular weight excluding hydrogens is 308 g/mol. The quantitative estimate of drug-likeness (QED) is 0.914. The largest absolute Gasteiger partial charge is 0.318 e. The molecule has 1 aromatic heterocycles. The molecule has 0 bridgehead atoms. The van der Waals surface area contributed by atoms with Gasteiger partial charge in [-0.25, -0.2) is 4.98 Å². The van der Waals surface area contributed by atoms with Gasteiger partial charge in [0.05, 0.1) is 11.7 Å². The minimum Gasteiger partial charge on any atom is -0.318 e. The van der Waals surface area contributed by atoms with Crippen LogP contribution in [0.25, 0.3) is 0 Å². The molecule has 94 valence electrons. The van der Waals surface area contributed by atoms with E-state index in [1.165, 1.54) is 29.0 Å². The maximum Gasteiger partial charge on any atom is 0.114 e. The second-order valence-corrected chi connectivity index (χ2v) is 6.75. The number of hydrogen-bond acceptors (Lipinski definition) is 3. The topological polar surface area (TPSA) is 38.9 Å². The Morgan fingerprint density at radius 2 is 2.22 bits per heavy atom. The van der Waals surface area contributed by atoms with E-state index in [4.69, 9.17) is 10.7 Å². The van der Waals surface area contributed by atoms with E-state index < -0.39 is 0 Å². The molecule has 1 aromatic carbocycles. The van der Waals surface area contributed by atoms with Crippen molar-refractivity contribution >= 4 is 27.3 Å². The summed E-state index contributed by atoms with van der Waals surface area (Å²) in [6.07, 6.45) is 3.54. The van der Waals surface area contributed by atoms with Crippen LogP contribution in [0.2, 0.25) is 0 Å². The van der Waals surface area contributed by atoms with E-state index in [1.54, 1.807) is 11.3 Å². The highest BCUT2D eigenvalue weighted by Crippen LogP contribution is 2.34. The van der Waals surface area contributed by atoms with Crippen molar-refractivity contribution in [1.82, 2.24) is 4.98 Å². The van der Waals surface area contributed by atoms with E-state index in [2.05, 4.69) is 41.1 Å². The van der Waals surface area contributed by atoms with Crippen molar-refractivity contribution in [2.45, 2.75) is 32.2 Å². The molecule has 0 spiro atoms. The lowest BCUT2D eigenvalue weighted by atomic mass is 10.1. The number of nitrogens with zero attached hydrogens (tertiary/aromatic N) is 1. The van der Waals surface area contributed by atoms with Crippen LogP contribution in [0.4, 0.5) is 0 Å². The van der Waals surface area contributed by atoms with Crippen LogP contribution in [0.1, 0.15) is 39.2 Å². The Morgan fingerprint density at radius 1 is 1.39 bits per heavy atom. The number of halogens is 1. The predicted octanol–water partition coefficient (Wildman–Crippen LogP) is 3.75. The molecule has 1 aliphatic rings. The van der Waals surface area contributed by atoms with Gasteiger partial charge in [0.15, 0.2) is 0 Å². The van der Waals surface area contributed by atoms with Gasteiger partial charge in [-0.05, 0) is 43.4 Å². The fourth-order valence-corrected chi connectivity index (χ4v) is 4.27. The van der Waals surface area contributed by atoms with Crippen LogP contribution in [0.15, 0.2) is 22.7 Å². The molecule has 0 radical (unpaired) electrons. The van der Waals surface area contributed by atoms with Gasteiger partial charge in [0.25, 0.3) is 0 Å². The number of hydrogen-bond donors (Lipinski definition) is 1. The molecule has 0 fully saturated rings. The summed E-state index contributed by atoms with van der Waals surface area (Å²) in [6, 6.07) is 6.18. The van der Waals surface area contributed by atoms with Gasteiger partial charge in [0.1, 0.15) is 5.01 Å². The third-order valence-electron chi connectivity index (χ3n) is 3.37. The molecule has 0 saturated heterocycles. The van der Waals surface area contributed by atoms with Crippen LogP contribution < -0.4 is 5.73 Å². The van der Waals surface area contributed by atoms with Crippen LogP contribution in [-0.2, 0) is 12.8 Å². The first-order valence-electron chi connectivity index (χ1n) is 6.15. The van der Waals surface area contributed by atoms with Crippen molar-refractivity contribution in [3.63, 3.8) is 0 Å². The number of nitrogens with two attached hydrogens (primary N) is 1. The van der Waals surface area contributed by atoms with Crippen LogP contribution in [0.3, 0.4) is 0 Å². The zero-order valence-electron chi connectivity index (χ0n) is 10.2. The molecule has 1 atom stereocenters. The van der Waals surface area contributed by atoms with Gasteiger partial charge in [0.2, 0.25) is 0 Å². The molecule has 0 saturated carbocycles. The summed E-state index contributed by atoms with van der Waals surface area (Å²) in [5.74, 6) is 0. The van der Waals surface area contributed by atoms with E-state index in [0.29, 0.717) is 0 Å².